The molecule has 0 aromatic heterocycles. The van der Waals surface area contributed by atoms with E-state index in [1.165, 1.54) is 6.42 Å². The monoisotopic (exact) mass is 259 g/mol. The highest BCUT2D eigenvalue weighted by molar-refractivity contribution is 7.85. The number of nitrogens with one attached hydrogen (secondary N) is 1. The fraction of sp³-hybridized carbons (Fsp3) is 0.917. The second kappa shape index (κ2) is 6.50. The van der Waals surface area contributed by atoms with Crippen molar-refractivity contribution < 1.29 is 13.7 Å². The fourth-order valence-corrected chi connectivity index (χ4v) is 3.82. The van der Waals surface area contributed by atoms with Gasteiger partial charge >= 0.3 is 0 Å². The molecule has 98 valence electrons. The van der Waals surface area contributed by atoms with E-state index in [1.54, 1.807) is 0 Å². The zero-order valence-electron chi connectivity index (χ0n) is 10.2. The quantitative estimate of drug-likeness (QED) is 0.818. The van der Waals surface area contributed by atoms with E-state index >= 15 is 0 Å². The molecule has 3 atom stereocenters. The van der Waals surface area contributed by atoms with Crippen molar-refractivity contribution in [1.29, 1.82) is 0 Å². The van der Waals surface area contributed by atoms with E-state index < -0.39 is 10.8 Å². The van der Waals surface area contributed by atoms with Gasteiger partial charge in [0.15, 0.2) is 0 Å². The van der Waals surface area contributed by atoms with Crippen LogP contribution in [-0.4, -0.2) is 40.4 Å². The molecule has 1 amide bonds. The third-order valence-electron chi connectivity index (χ3n) is 3.41. The molecule has 0 saturated carbocycles. The lowest BCUT2D eigenvalue weighted by Gasteiger charge is -2.22. The normalized spacial score (nSPS) is 33.5. The van der Waals surface area contributed by atoms with Gasteiger partial charge in [-0.1, -0.05) is 0 Å². The van der Waals surface area contributed by atoms with Gasteiger partial charge in [0, 0.05) is 41.4 Å². The summed E-state index contributed by atoms with van der Waals surface area (Å²) in [6.07, 6.45) is 5.94. The summed E-state index contributed by atoms with van der Waals surface area (Å²) in [5.41, 5.74) is 0. The molecule has 2 saturated heterocycles. The van der Waals surface area contributed by atoms with Crippen LogP contribution in [0.3, 0.4) is 0 Å². The summed E-state index contributed by atoms with van der Waals surface area (Å²) in [6, 6.07) is 0.135. The number of carbonyl (C=O) groups is 1. The Labute approximate surface area is 105 Å². The van der Waals surface area contributed by atoms with Crippen molar-refractivity contribution in [3.63, 3.8) is 0 Å². The first kappa shape index (κ1) is 13.0. The van der Waals surface area contributed by atoms with Crippen LogP contribution in [0.1, 0.15) is 38.5 Å². The Bertz CT molecular complexity index is 289. The van der Waals surface area contributed by atoms with Crippen LogP contribution in [0.2, 0.25) is 0 Å². The van der Waals surface area contributed by atoms with Gasteiger partial charge in [-0.15, -0.1) is 0 Å². The minimum atomic E-state index is -0.717. The number of rotatable bonds is 4. The molecule has 17 heavy (non-hydrogen) atoms. The van der Waals surface area contributed by atoms with E-state index in [9.17, 15) is 9.00 Å². The fourth-order valence-electron chi connectivity index (χ4n) is 2.41. The van der Waals surface area contributed by atoms with Gasteiger partial charge in [-0.3, -0.25) is 9.00 Å². The zero-order chi connectivity index (χ0) is 12.1. The van der Waals surface area contributed by atoms with E-state index in [0.29, 0.717) is 12.2 Å². The predicted octanol–water partition coefficient (Wildman–Crippen LogP) is 0.973. The molecule has 2 rings (SSSR count). The zero-order valence-corrected chi connectivity index (χ0v) is 11.0. The maximum atomic E-state index is 11.7. The third-order valence-corrected chi connectivity index (χ3v) is 4.88. The highest BCUT2D eigenvalue weighted by Gasteiger charge is 2.23. The first-order valence-electron chi connectivity index (χ1n) is 6.50. The van der Waals surface area contributed by atoms with Crippen LogP contribution >= 0.6 is 0 Å². The summed E-state index contributed by atoms with van der Waals surface area (Å²) in [4.78, 5) is 11.7. The molecule has 0 aliphatic carbocycles. The highest BCUT2D eigenvalue weighted by atomic mass is 32.2. The Hall–Kier alpha value is -0.420. The van der Waals surface area contributed by atoms with Crippen LogP contribution in [0.25, 0.3) is 0 Å². The topological polar surface area (TPSA) is 55.4 Å². The maximum Gasteiger partial charge on any atom is 0.220 e. The molecule has 0 aromatic rings. The summed E-state index contributed by atoms with van der Waals surface area (Å²) in [5.74, 6) is 1.45. The van der Waals surface area contributed by atoms with Gasteiger partial charge in [0.2, 0.25) is 5.91 Å². The van der Waals surface area contributed by atoms with E-state index in [-0.39, 0.29) is 18.1 Å². The first-order chi connectivity index (χ1) is 8.24. The van der Waals surface area contributed by atoms with Crippen LogP contribution in [-0.2, 0) is 20.3 Å². The molecule has 0 radical (unpaired) electrons. The van der Waals surface area contributed by atoms with Gasteiger partial charge in [0.25, 0.3) is 0 Å². The molecular weight excluding hydrogens is 238 g/mol. The third kappa shape index (κ3) is 4.39. The van der Waals surface area contributed by atoms with Crippen molar-refractivity contribution in [3.8, 4) is 0 Å². The lowest BCUT2D eigenvalue weighted by atomic mass is 10.0. The minimum absolute atomic E-state index is 0.0862. The van der Waals surface area contributed by atoms with Crippen molar-refractivity contribution in [2.45, 2.75) is 50.7 Å². The van der Waals surface area contributed by atoms with E-state index in [2.05, 4.69) is 5.32 Å². The standard InChI is InChI=1S/C12H21NO3S/c14-12(13-10-6-8-17(15)9-10)5-4-11-3-1-2-7-16-11/h10-11H,1-9H2,(H,13,14). The number of carbonyl (C=O) groups excluding carboxylic acids is 1. The molecule has 0 spiro atoms. The number of amides is 1. The lowest BCUT2D eigenvalue weighted by molar-refractivity contribution is -0.122. The van der Waals surface area contributed by atoms with Gasteiger partial charge < -0.3 is 10.1 Å². The Morgan fingerprint density at radius 2 is 2.24 bits per heavy atom. The molecule has 1 N–H and O–H groups in total. The van der Waals surface area contributed by atoms with Crippen LogP contribution in [0.4, 0.5) is 0 Å². The van der Waals surface area contributed by atoms with Crippen molar-refractivity contribution in [1.82, 2.24) is 5.32 Å². The van der Waals surface area contributed by atoms with Gasteiger partial charge in [-0.05, 0) is 32.1 Å². The number of hydrogen-bond acceptors (Lipinski definition) is 3. The van der Waals surface area contributed by atoms with Crippen molar-refractivity contribution >= 4 is 16.7 Å². The minimum Gasteiger partial charge on any atom is -0.378 e. The second-order valence-corrected chi connectivity index (χ2v) is 6.51. The largest absolute Gasteiger partial charge is 0.378 e. The van der Waals surface area contributed by atoms with Gasteiger partial charge in [0.1, 0.15) is 0 Å². The summed E-state index contributed by atoms with van der Waals surface area (Å²) >= 11 is 0. The first-order valence-corrected chi connectivity index (χ1v) is 7.99. The summed E-state index contributed by atoms with van der Waals surface area (Å²) in [5, 5.41) is 2.96. The van der Waals surface area contributed by atoms with Gasteiger partial charge in [0.05, 0.1) is 6.10 Å². The Kier molecular flexibility index (Phi) is 4.98. The molecule has 3 unspecified atom stereocenters. The summed E-state index contributed by atoms with van der Waals surface area (Å²) in [6.45, 7) is 0.841. The SMILES string of the molecule is O=C(CCC1CCCCO1)NC1CCS(=O)C1. The van der Waals surface area contributed by atoms with E-state index in [0.717, 1.165) is 38.0 Å². The van der Waals surface area contributed by atoms with Gasteiger partial charge in [-0.2, -0.15) is 0 Å². The molecule has 4 nitrogen and oxygen atoms in total. The maximum absolute atomic E-state index is 11.7. The lowest BCUT2D eigenvalue weighted by Crippen LogP contribution is -2.35. The Morgan fingerprint density at radius 3 is 2.88 bits per heavy atom. The molecular formula is C12H21NO3S. The number of hydrogen-bond donors (Lipinski definition) is 1. The van der Waals surface area contributed by atoms with E-state index in [1.807, 2.05) is 0 Å². The van der Waals surface area contributed by atoms with Crippen molar-refractivity contribution in [2.24, 2.45) is 0 Å². The van der Waals surface area contributed by atoms with E-state index in [4.69, 9.17) is 4.74 Å². The van der Waals surface area contributed by atoms with Crippen LogP contribution in [0.15, 0.2) is 0 Å². The molecule has 0 aromatic carbocycles. The summed E-state index contributed by atoms with van der Waals surface area (Å²) in [7, 11) is -0.717. The van der Waals surface area contributed by atoms with Crippen molar-refractivity contribution in [3.05, 3.63) is 0 Å². The second-order valence-electron chi connectivity index (χ2n) is 4.89. The highest BCUT2D eigenvalue weighted by Crippen LogP contribution is 2.17. The summed E-state index contributed by atoms with van der Waals surface area (Å²) < 4.78 is 16.8. The van der Waals surface area contributed by atoms with Crippen LogP contribution in [0.5, 0.6) is 0 Å². The van der Waals surface area contributed by atoms with Crippen LogP contribution in [0, 0.1) is 0 Å². The average Bonchev–Trinajstić information content (AvgIpc) is 2.73. The predicted molar refractivity (Wildman–Crippen MR) is 67.2 cm³/mol. The smallest absolute Gasteiger partial charge is 0.220 e. The molecule has 0 bridgehead atoms. The molecule has 2 aliphatic heterocycles. The van der Waals surface area contributed by atoms with Crippen LogP contribution < -0.4 is 5.32 Å². The Morgan fingerprint density at radius 1 is 1.35 bits per heavy atom. The molecule has 2 heterocycles. The average molecular weight is 259 g/mol. The molecule has 2 fully saturated rings. The Balaban J connectivity index is 1.61. The molecule has 2 aliphatic rings. The molecule has 5 heteroatoms. The van der Waals surface area contributed by atoms with Gasteiger partial charge in [-0.25, -0.2) is 0 Å². The number of ether oxygens (including phenoxy) is 1. The van der Waals surface area contributed by atoms with Crippen molar-refractivity contribution in [2.75, 3.05) is 18.1 Å².